The average Bonchev–Trinajstić information content (AvgIpc) is 3.30. The van der Waals surface area contributed by atoms with Gasteiger partial charge in [0.2, 0.25) is 11.8 Å². The van der Waals surface area contributed by atoms with Crippen LogP contribution in [-0.4, -0.2) is 75.8 Å². The molecule has 1 atom stereocenters. The highest BCUT2D eigenvalue weighted by molar-refractivity contribution is 7.13. The molecule has 7 nitrogen and oxygen atoms in total. The first-order chi connectivity index (χ1) is 13.9. The Balaban J connectivity index is 1.50. The Morgan fingerprint density at radius 3 is 2.37 bits per heavy atom. The van der Waals surface area contributed by atoms with Crippen LogP contribution in [0.1, 0.15) is 60.1 Å². The largest absolute Gasteiger partial charge is 0.340 e. The first-order valence-electron chi connectivity index (χ1n) is 11.0. The number of nitrogens with zero attached hydrogens (tertiary/aromatic N) is 4. The summed E-state index contributed by atoms with van der Waals surface area (Å²) in [5, 5.41) is 5.74. The van der Waals surface area contributed by atoms with E-state index < -0.39 is 0 Å². The molecule has 0 radical (unpaired) electrons. The minimum Gasteiger partial charge on any atom is -0.340 e. The predicted molar refractivity (Wildman–Crippen MR) is 122 cm³/mol. The first kappa shape index (κ1) is 23.2. The Morgan fingerprint density at radius 2 is 1.77 bits per heavy atom. The molecule has 1 aromatic rings. The van der Waals surface area contributed by atoms with Crippen LogP contribution in [0.5, 0.6) is 0 Å². The Kier molecular flexibility index (Phi) is 6.89. The lowest BCUT2D eigenvalue weighted by Gasteiger charge is -2.37. The van der Waals surface area contributed by atoms with E-state index in [9.17, 15) is 9.59 Å². The van der Waals surface area contributed by atoms with Crippen LogP contribution in [0.4, 0.5) is 5.13 Å². The molecule has 0 aromatic carbocycles. The molecule has 0 bridgehead atoms. The lowest BCUT2D eigenvalue weighted by molar-refractivity contribution is -0.141. The highest BCUT2D eigenvalue weighted by atomic mass is 32.1. The van der Waals surface area contributed by atoms with Gasteiger partial charge in [0.1, 0.15) is 0 Å². The lowest BCUT2D eigenvalue weighted by atomic mass is 9.94. The van der Waals surface area contributed by atoms with Crippen molar-refractivity contribution in [1.29, 1.82) is 0 Å². The number of carbonyl (C=O) groups excluding carboxylic acids is 2. The average molecular weight is 436 g/mol. The summed E-state index contributed by atoms with van der Waals surface area (Å²) < 4.78 is 0. The normalized spacial score (nSPS) is 21.8. The van der Waals surface area contributed by atoms with E-state index in [-0.39, 0.29) is 28.8 Å². The number of piperazine rings is 1. The van der Waals surface area contributed by atoms with E-state index in [1.165, 1.54) is 11.3 Å². The second-order valence-electron chi connectivity index (χ2n) is 10.5. The molecule has 0 aliphatic carbocycles. The van der Waals surface area contributed by atoms with Gasteiger partial charge < -0.3 is 10.2 Å². The summed E-state index contributed by atoms with van der Waals surface area (Å²) in [5.74, 6) is 0.273. The Labute approximate surface area is 184 Å². The smallest absolute Gasteiger partial charge is 0.243 e. The molecular weight excluding hydrogens is 398 g/mol. The van der Waals surface area contributed by atoms with E-state index in [0.717, 1.165) is 57.8 Å². The third-order valence-corrected chi connectivity index (χ3v) is 6.69. The van der Waals surface area contributed by atoms with Crippen molar-refractivity contribution in [3.05, 3.63) is 11.1 Å². The van der Waals surface area contributed by atoms with E-state index in [1.54, 1.807) is 0 Å². The number of anilines is 1. The molecule has 3 heterocycles. The summed E-state index contributed by atoms with van der Waals surface area (Å²) >= 11 is 1.49. The molecule has 168 valence electrons. The number of hydrogen-bond acceptors (Lipinski definition) is 6. The quantitative estimate of drug-likeness (QED) is 0.787. The Morgan fingerprint density at radius 1 is 1.10 bits per heavy atom. The maximum atomic E-state index is 12.8. The molecule has 1 aromatic heterocycles. The second kappa shape index (κ2) is 8.93. The fraction of sp³-hybridized carbons (Fsp3) is 0.773. The van der Waals surface area contributed by atoms with Crippen LogP contribution >= 0.6 is 11.3 Å². The fourth-order valence-electron chi connectivity index (χ4n) is 4.28. The summed E-state index contributed by atoms with van der Waals surface area (Å²) in [6.45, 7) is 17.3. The zero-order valence-electron chi connectivity index (χ0n) is 19.3. The monoisotopic (exact) mass is 435 g/mol. The number of thiazole rings is 1. The van der Waals surface area contributed by atoms with Crippen molar-refractivity contribution in [3.63, 3.8) is 0 Å². The number of amides is 2. The van der Waals surface area contributed by atoms with Gasteiger partial charge >= 0.3 is 0 Å². The summed E-state index contributed by atoms with van der Waals surface area (Å²) in [5.41, 5.74) is 0.639. The van der Waals surface area contributed by atoms with E-state index in [1.807, 2.05) is 31.1 Å². The lowest BCUT2D eigenvalue weighted by Crippen LogP contribution is -2.51. The van der Waals surface area contributed by atoms with Crippen molar-refractivity contribution in [2.24, 2.45) is 5.41 Å². The summed E-state index contributed by atoms with van der Waals surface area (Å²) in [6, 6.07) is -0.0780. The Hall–Kier alpha value is -1.51. The molecule has 0 saturated carbocycles. The van der Waals surface area contributed by atoms with E-state index >= 15 is 0 Å². The number of aromatic nitrogens is 1. The van der Waals surface area contributed by atoms with Crippen LogP contribution in [0.15, 0.2) is 5.38 Å². The topological polar surface area (TPSA) is 68.8 Å². The fourth-order valence-corrected chi connectivity index (χ4v) is 4.98. The molecule has 2 fully saturated rings. The number of hydrogen-bond donors (Lipinski definition) is 1. The minimum absolute atomic E-state index is 0.0109. The molecule has 2 aliphatic rings. The highest BCUT2D eigenvalue weighted by Crippen LogP contribution is 2.28. The predicted octanol–water partition coefficient (Wildman–Crippen LogP) is 3.03. The summed E-state index contributed by atoms with van der Waals surface area (Å²) in [4.78, 5) is 36.5. The van der Waals surface area contributed by atoms with Gasteiger partial charge in [-0.15, -0.1) is 11.3 Å². The first-order valence-corrected chi connectivity index (χ1v) is 11.9. The van der Waals surface area contributed by atoms with Crippen LogP contribution in [0.2, 0.25) is 0 Å². The molecule has 2 aliphatic heterocycles. The van der Waals surface area contributed by atoms with Gasteiger partial charge in [0, 0.05) is 49.1 Å². The van der Waals surface area contributed by atoms with Gasteiger partial charge in [-0.25, -0.2) is 4.98 Å². The van der Waals surface area contributed by atoms with Gasteiger partial charge in [-0.05, 0) is 40.2 Å². The van der Waals surface area contributed by atoms with Gasteiger partial charge in [-0.2, -0.15) is 0 Å². The van der Waals surface area contributed by atoms with Gasteiger partial charge in [0.05, 0.1) is 11.7 Å². The van der Waals surface area contributed by atoms with Crippen LogP contribution in [-0.2, 0) is 16.1 Å². The van der Waals surface area contributed by atoms with Crippen molar-refractivity contribution < 1.29 is 9.59 Å². The Bertz CT molecular complexity index is 756. The maximum Gasteiger partial charge on any atom is 0.243 e. The summed E-state index contributed by atoms with van der Waals surface area (Å²) in [7, 11) is 0. The van der Waals surface area contributed by atoms with Crippen LogP contribution in [0.3, 0.4) is 0 Å². The molecule has 3 rings (SSSR count). The number of carbonyl (C=O) groups is 2. The van der Waals surface area contributed by atoms with Gasteiger partial charge in [-0.1, -0.05) is 20.8 Å². The van der Waals surface area contributed by atoms with Crippen molar-refractivity contribution >= 4 is 28.3 Å². The van der Waals surface area contributed by atoms with Crippen LogP contribution < -0.4 is 5.32 Å². The van der Waals surface area contributed by atoms with Crippen LogP contribution in [0, 0.1) is 5.41 Å². The zero-order valence-corrected chi connectivity index (χ0v) is 20.1. The third-order valence-electron chi connectivity index (χ3n) is 5.89. The number of rotatable bonds is 4. The van der Waals surface area contributed by atoms with Crippen LogP contribution in [0.25, 0.3) is 0 Å². The van der Waals surface area contributed by atoms with Crippen molar-refractivity contribution in [1.82, 2.24) is 19.7 Å². The zero-order chi connectivity index (χ0) is 22.1. The van der Waals surface area contributed by atoms with E-state index in [2.05, 4.69) is 40.9 Å². The van der Waals surface area contributed by atoms with Crippen molar-refractivity contribution in [2.75, 3.05) is 38.0 Å². The highest BCUT2D eigenvalue weighted by Gasteiger charge is 2.37. The van der Waals surface area contributed by atoms with Gasteiger partial charge in [-0.3, -0.25) is 19.4 Å². The van der Waals surface area contributed by atoms with Gasteiger partial charge in [0.15, 0.2) is 5.13 Å². The van der Waals surface area contributed by atoms with Crippen molar-refractivity contribution in [3.8, 4) is 0 Å². The number of nitrogens with one attached hydrogen (secondary N) is 1. The molecule has 2 amide bonds. The second-order valence-corrected chi connectivity index (χ2v) is 11.3. The molecular formula is C22H37N5O2S. The molecule has 30 heavy (non-hydrogen) atoms. The minimum atomic E-state index is -0.327. The van der Waals surface area contributed by atoms with Crippen molar-refractivity contribution in [2.45, 2.75) is 72.5 Å². The molecule has 1 N–H and O–H groups in total. The molecule has 8 heteroatoms. The SMILES string of the molecule is CC(C)(C)C(=O)N1CCN(Cc2csc(NC(=O)C3CCCN3C(C)(C)C)n2)CC1. The van der Waals surface area contributed by atoms with E-state index in [4.69, 9.17) is 0 Å². The van der Waals surface area contributed by atoms with E-state index in [0.29, 0.717) is 5.13 Å². The summed E-state index contributed by atoms with van der Waals surface area (Å²) in [6.07, 6.45) is 1.96. The van der Waals surface area contributed by atoms with Gasteiger partial charge in [0.25, 0.3) is 0 Å². The standard InChI is InChI=1S/C22H37N5O2S/c1-21(2,3)19(29)26-12-10-25(11-13-26)14-16-15-30-20(23-16)24-18(28)17-8-7-9-27(17)22(4,5)6/h15,17H,7-14H2,1-6H3,(H,23,24,28). The molecule has 1 unspecified atom stereocenters. The molecule has 2 saturated heterocycles. The molecule has 0 spiro atoms. The number of likely N-dealkylation sites (tertiary alicyclic amines) is 1. The maximum absolute atomic E-state index is 12.8. The third kappa shape index (κ3) is 5.59.